The van der Waals surface area contributed by atoms with Crippen molar-refractivity contribution in [3.63, 3.8) is 0 Å². The second-order valence-electron chi connectivity index (χ2n) is 5.91. The number of hydrogen-bond acceptors (Lipinski definition) is 1. The minimum absolute atomic E-state index is 0.0896. The smallest absolute Gasteiger partial charge is 0.224 e. The van der Waals surface area contributed by atoms with E-state index in [0.717, 1.165) is 12.8 Å². The molecule has 0 aliphatic rings. The van der Waals surface area contributed by atoms with Crippen molar-refractivity contribution >= 4 is 11.6 Å². The molecule has 0 bridgehead atoms. The SMILES string of the molecule is C=CCc1c(F)cccc1NC(=O)CC(CCC)c1ccccc1. The van der Waals surface area contributed by atoms with E-state index in [1.54, 1.807) is 18.2 Å². The predicted octanol–water partition coefficient (Wildman–Crippen LogP) is 5.47. The van der Waals surface area contributed by atoms with Crippen molar-refractivity contribution in [3.05, 3.63) is 78.1 Å². The number of carbonyl (C=O) groups excluding carboxylic acids is 1. The minimum atomic E-state index is -0.319. The molecule has 0 radical (unpaired) electrons. The Kier molecular flexibility index (Phi) is 6.74. The first-order chi connectivity index (χ1) is 11.7. The van der Waals surface area contributed by atoms with Gasteiger partial charge in [0.2, 0.25) is 5.91 Å². The van der Waals surface area contributed by atoms with Crippen LogP contribution in [0.15, 0.2) is 61.2 Å². The van der Waals surface area contributed by atoms with E-state index in [0.29, 0.717) is 24.1 Å². The highest BCUT2D eigenvalue weighted by molar-refractivity contribution is 5.92. The molecule has 1 atom stereocenters. The van der Waals surface area contributed by atoms with Crippen molar-refractivity contribution < 1.29 is 9.18 Å². The summed E-state index contributed by atoms with van der Waals surface area (Å²) in [4.78, 5) is 12.5. The van der Waals surface area contributed by atoms with E-state index < -0.39 is 0 Å². The summed E-state index contributed by atoms with van der Waals surface area (Å²) in [5.41, 5.74) is 2.18. The summed E-state index contributed by atoms with van der Waals surface area (Å²) in [5.74, 6) is -0.235. The molecule has 3 heteroatoms. The average molecular weight is 325 g/mol. The first kappa shape index (κ1) is 17.9. The largest absolute Gasteiger partial charge is 0.326 e. The zero-order valence-electron chi connectivity index (χ0n) is 14.1. The van der Waals surface area contributed by atoms with Crippen molar-refractivity contribution in [2.75, 3.05) is 5.32 Å². The lowest BCUT2D eigenvalue weighted by Crippen LogP contribution is -2.17. The van der Waals surface area contributed by atoms with Crippen molar-refractivity contribution in [2.45, 2.75) is 38.5 Å². The van der Waals surface area contributed by atoms with Crippen molar-refractivity contribution in [1.82, 2.24) is 0 Å². The van der Waals surface area contributed by atoms with Crippen LogP contribution < -0.4 is 5.32 Å². The van der Waals surface area contributed by atoms with Crippen LogP contribution in [0.5, 0.6) is 0 Å². The zero-order valence-corrected chi connectivity index (χ0v) is 14.1. The van der Waals surface area contributed by atoms with Gasteiger partial charge in [0.05, 0.1) is 0 Å². The molecule has 2 aromatic carbocycles. The van der Waals surface area contributed by atoms with Crippen LogP contribution in [-0.4, -0.2) is 5.91 Å². The maximum Gasteiger partial charge on any atom is 0.224 e. The Morgan fingerprint density at radius 1 is 1.21 bits per heavy atom. The van der Waals surface area contributed by atoms with Gasteiger partial charge in [-0.25, -0.2) is 4.39 Å². The van der Waals surface area contributed by atoms with Crippen LogP contribution in [-0.2, 0) is 11.2 Å². The van der Waals surface area contributed by atoms with Crippen LogP contribution in [0, 0.1) is 5.82 Å². The molecule has 0 aromatic heterocycles. The van der Waals surface area contributed by atoms with Gasteiger partial charge in [0.25, 0.3) is 0 Å². The fourth-order valence-electron chi connectivity index (χ4n) is 2.91. The molecule has 0 fully saturated rings. The molecular weight excluding hydrogens is 301 g/mol. The molecule has 2 rings (SSSR count). The summed E-state index contributed by atoms with van der Waals surface area (Å²) in [7, 11) is 0. The van der Waals surface area contributed by atoms with Gasteiger partial charge >= 0.3 is 0 Å². The Morgan fingerprint density at radius 3 is 2.62 bits per heavy atom. The third kappa shape index (κ3) is 4.79. The van der Waals surface area contributed by atoms with Crippen LogP contribution in [0.25, 0.3) is 0 Å². The molecule has 0 aliphatic heterocycles. The lowest BCUT2D eigenvalue weighted by molar-refractivity contribution is -0.116. The first-order valence-electron chi connectivity index (χ1n) is 8.38. The quantitative estimate of drug-likeness (QED) is 0.641. The Morgan fingerprint density at radius 2 is 1.96 bits per heavy atom. The van der Waals surface area contributed by atoms with Gasteiger partial charge < -0.3 is 5.32 Å². The van der Waals surface area contributed by atoms with Crippen LogP contribution in [0.3, 0.4) is 0 Å². The second kappa shape index (κ2) is 9.02. The number of nitrogens with one attached hydrogen (secondary N) is 1. The van der Waals surface area contributed by atoms with Crippen molar-refractivity contribution in [1.29, 1.82) is 0 Å². The minimum Gasteiger partial charge on any atom is -0.326 e. The summed E-state index contributed by atoms with van der Waals surface area (Å²) in [6.45, 7) is 5.76. The van der Waals surface area contributed by atoms with E-state index in [2.05, 4.69) is 31.0 Å². The van der Waals surface area contributed by atoms with Gasteiger partial charge in [-0.15, -0.1) is 6.58 Å². The number of carbonyl (C=O) groups is 1. The van der Waals surface area contributed by atoms with E-state index in [1.807, 2.05) is 18.2 Å². The molecule has 1 amide bonds. The number of anilines is 1. The van der Waals surface area contributed by atoms with Crippen LogP contribution in [0.4, 0.5) is 10.1 Å². The third-order valence-corrected chi connectivity index (χ3v) is 4.08. The standard InChI is InChI=1S/C21H24FNO/c1-3-9-17(16-11-6-5-7-12-16)15-21(24)23-20-14-8-13-19(22)18(20)10-4-2/h4-8,11-14,17H,2-3,9-10,15H2,1H3,(H,23,24). The number of rotatable bonds is 8. The van der Waals surface area contributed by atoms with E-state index >= 15 is 0 Å². The van der Waals surface area contributed by atoms with E-state index in [9.17, 15) is 9.18 Å². The summed E-state index contributed by atoms with van der Waals surface area (Å²) < 4.78 is 13.9. The van der Waals surface area contributed by atoms with Gasteiger partial charge in [0.15, 0.2) is 0 Å². The van der Waals surface area contributed by atoms with Gasteiger partial charge in [-0.2, -0.15) is 0 Å². The molecule has 2 aromatic rings. The highest BCUT2D eigenvalue weighted by atomic mass is 19.1. The Labute approximate surface area is 143 Å². The molecule has 24 heavy (non-hydrogen) atoms. The van der Waals surface area contributed by atoms with Gasteiger partial charge in [-0.1, -0.05) is 55.8 Å². The molecule has 0 heterocycles. The number of amides is 1. The van der Waals surface area contributed by atoms with E-state index in [-0.39, 0.29) is 17.6 Å². The summed E-state index contributed by atoms with van der Waals surface area (Å²) in [6, 6.07) is 14.8. The molecule has 0 spiro atoms. The summed E-state index contributed by atoms with van der Waals surface area (Å²) >= 11 is 0. The molecular formula is C21H24FNO. The van der Waals surface area contributed by atoms with Gasteiger partial charge in [0.1, 0.15) is 5.82 Å². The normalized spacial score (nSPS) is 11.8. The first-order valence-corrected chi connectivity index (χ1v) is 8.38. The van der Waals surface area contributed by atoms with Crippen LogP contribution in [0.1, 0.15) is 43.2 Å². The molecule has 0 aliphatic carbocycles. The lowest BCUT2D eigenvalue weighted by atomic mass is 9.91. The molecule has 1 N–H and O–H groups in total. The second-order valence-corrected chi connectivity index (χ2v) is 5.91. The lowest BCUT2D eigenvalue weighted by Gasteiger charge is -2.17. The monoisotopic (exact) mass is 325 g/mol. The molecule has 0 saturated carbocycles. The third-order valence-electron chi connectivity index (χ3n) is 4.08. The fourth-order valence-corrected chi connectivity index (χ4v) is 2.91. The maximum absolute atomic E-state index is 13.9. The van der Waals surface area contributed by atoms with Gasteiger partial charge in [-0.3, -0.25) is 4.79 Å². The average Bonchev–Trinajstić information content (AvgIpc) is 2.58. The summed E-state index contributed by atoms with van der Waals surface area (Å²) in [5, 5.41) is 2.87. The van der Waals surface area contributed by atoms with Crippen LogP contribution >= 0.6 is 0 Å². The molecule has 0 saturated heterocycles. The number of allylic oxidation sites excluding steroid dienone is 1. The van der Waals surface area contributed by atoms with Crippen molar-refractivity contribution in [2.24, 2.45) is 0 Å². The molecule has 126 valence electrons. The van der Waals surface area contributed by atoms with Crippen molar-refractivity contribution in [3.8, 4) is 0 Å². The zero-order chi connectivity index (χ0) is 17.4. The highest BCUT2D eigenvalue weighted by Crippen LogP contribution is 2.26. The fraction of sp³-hybridized carbons (Fsp3) is 0.286. The van der Waals surface area contributed by atoms with E-state index in [1.165, 1.54) is 11.6 Å². The van der Waals surface area contributed by atoms with Crippen LogP contribution in [0.2, 0.25) is 0 Å². The Bertz CT molecular complexity index is 681. The van der Waals surface area contributed by atoms with Gasteiger partial charge in [0, 0.05) is 17.7 Å². The van der Waals surface area contributed by atoms with Gasteiger partial charge in [-0.05, 0) is 36.5 Å². The van der Waals surface area contributed by atoms with E-state index in [4.69, 9.17) is 0 Å². The predicted molar refractivity (Wildman–Crippen MR) is 97.6 cm³/mol. The number of halogens is 1. The topological polar surface area (TPSA) is 29.1 Å². The molecule has 2 nitrogen and oxygen atoms in total. The Hall–Kier alpha value is -2.42. The highest BCUT2D eigenvalue weighted by Gasteiger charge is 2.17. The Balaban J connectivity index is 2.12. The maximum atomic E-state index is 13.9. The number of benzene rings is 2. The summed E-state index contributed by atoms with van der Waals surface area (Å²) in [6.07, 6.45) is 4.37. The number of hydrogen-bond donors (Lipinski definition) is 1. The molecule has 1 unspecified atom stereocenters.